The van der Waals surface area contributed by atoms with Gasteiger partial charge in [-0.25, -0.2) is 4.39 Å². The highest BCUT2D eigenvalue weighted by molar-refractivity contribution is 9.10. The lowest BCUT2D eigenvalue weighted by atomic mass is 10.2. The lowest BCUT2D eigenvalue weighted by Crippen LogP contribution is -2.12. The largest absolute Gasteiger partial charge is 0.454 e. The van der Waals surface area contributed by atoms with Crippen LogP contribution in [0.25, 0.3) is 0 Å². The molecule has 98 valence electrons. The van der Waals surface area contributed by atoms with Crippen molar-refractivity contribution in [1.82, 2.24) is 0 Å². The zero-order valence-corrected chi connectivity index (χ0v) is 11.8. The van der Waals surface area contributed by atoms with E-state index in [-0.39, 0.29) is 16.1 Å². The summed E-state index contributed by atoms with van der Waals surface area (Å²) in [5.74, 6) is -0.0979. The number of hydrogen-bond acceptors (Lipinski definition) is 2. The van der Waals surface area contributed by atoms with E-state index in [1.54, 1.807) is 12.1 Å². The minimum Gasteiger partial charge on any atom is -0.454 e. The van der Waals surface area contributed by atoms with E-state index in [9.17, 15) is 4.39 Å². The van der Waals surface area contributed by atoms with Gasteiger partial charge in [0.2, 0.25) is 0 Å². The normalized spacial score (nSPS) is 10.3. The summed E-state index contributed by atoms with van der Waals surface area (Å²) in [6, 6.07) is 10.4. The third-order valence-corrected chi connectivity index (χ3v) is 3.43. The summed E-state index contributed by atoms with van der Waals surface area (Å²) >= 11 is 3.09. The number of para-hydroxylation sites is 1. The second kappa shape index (κ2) is 5.40. The maximum atomic E-state index is 14.1. The van der Waals surface area contributed by atoms with Gasteiger partial charge in [0.25, 0.3) is 0 Å². The molecule has 0 unspecified atom stereocenters. The van der Waals surface area contributed by atoms with Crippen molar-refractivity contribution >= 4 is 21.8 Å². The third kappa shape index (κ3) is 2.76. The summed E-state index contributed by atoms with van der Waals surface area (Å²) in [6.07, 6.45) is 0. The van der Waals surface area contributed by atoms with E-state index in [1.165, 1.54) is 6.07 Å². The van der Waals surface area contributed by atoms with Gasteiger partial charge in [-0.1, -0.05) is 18.2 Å². The van der Waals surface area contributed by atoms with Crippen LogP contribution in [0.2, 0.25) is 0 Å². The van der Waals surface area contributed by atoms with Crippen LogP contribution in [0.15, 0.2) is 40.9 Å². The number of amidine groups is 1. The van der Waals surface area contributed by atoms with Crippen LogP contribution >= 0.6 is 15.9 Å². The summed E-state index contributed by atoms with van der Waals surface area (Å²) in [4.78, 5) is 0. The molecule has 2 aromatic rings. The van der Waals surface area contributed by atoms with Crippen LogP contribution in [0.1, 0.15) is 11.1 Å². The topological polar surface area (TPSA) is 59.1 Å². The van der Waals surface area contributed by atoms with Crippen LogP contribution in [0, 0.1) is 18.2 Å². The molecule has 2 rings (SSSR count). The molecule has 0 fully saturated rings. The van der Waals surface area contributed by atoms with Gasteiger partial charge in [0.1, 0.15) is 11.6 Å². The highest BCUT2D eigenvalue weighted by Gasteiger charge is 2.15. The Bertz CT molecular complexity index is 643. The molecule has 0 aliphatic carbocycles. The first-order chi connectivity index (χ1) is 9.00. The molecule has 0 bridgehead atoms. The molecule has 0 radical (unpaired) electrons. The predicted octanol–water partition coefficient (Wildman–Crippen LogP) is 3.97. The Morgan fingerprint density at radius 1 is 1.21 bits per heavy atom. The molecule has 2 aromatic carbocycles. The average Bonchev–Trinajstić information content (AvgIpc) is 2.37. The smallest absolute Gasteiger partial charge is 0.180 e. The summed E-state index contributed by atoms with van der Waals surface area (Å²) in [5.41, 5.74) is 6.57. The van der Waals surface area contributed by atoms with Crippen molar-refractivity contribution in [2.75, 3.05) is 0 Å². The molecule has 5 heteroatoms. The van der Waals surface area contributed by atoms with E-state index in [2.05, 4.69) is 15.9 Å². The molecule has 3 nitrogen and oxygen atoms in total. The van der Waals surface area contributed by atoms with E-state index in [1.807, 2.05) is 25.1 Å². The number of hydrogen-bond donors (Lipinski definition) is 2. The van der Waals surface area contributed by atoms with Crippen molar-refractivity contribution in [3.63, 3.8) is 0 Å². The lowest BCUT2D eigenvalue weighted by molar-refractivity contribution is 0.437. The lowest BCUT2D eigenvalue weighted by Gasteiger charge is -2.11. The van der Waals surface area contributed by atoms with Crippen molar-refractivity contribution in [3.8, 4) is 11.5 Å². The van der Waals surface area contributed by atoms with Crippen LogP contribution < -0.4 is 10.5 Å². The fraction of sp³-hybridized carbons (Fsp3) is 0.0714. The quantitative estimate of drug-likeness (QED) is 0.663. The molecular formula is C14H12BrFN2O. The fourth-order valence-corrected chi connectivity index (χ4v) is 2.15. The second-order valence-corrected chi connectivity index (χ2v) is 4.81. The van der Waals surface area contributed by atoms with E-state index in [4.69, 9.17) is 15.9 Å². The Labute approximate surface area is 118 Å². The van der Waals surface area contributed by atoms with Crippen molar-refractivity contribution < 1.29 is 9.13 Å². The summed E-state index contributed by atoms with van der Waals surface area (Å²) < 4.78 is 19.8. The summed E-state index contributed by atoms with van der Waals surface area (Å²) in [5, 5.41) is 7.34. The molecule has 0 aromatic heterocycles. The Morgan fingerprint density at radius 3 is 2.53 bits per heavy atom. The number of rotatable bonds is 3. The van der Waals surface area contributed by atoms with Crippen LogP contribution in [0.5, 0.6) is 11.5 Å². The van der Waals surface area contributed by atoms with Crippen molar-refractivity contribution in [3.05, 3.63) is 57.8 Å². The van der Waals surface area contributed by atoms with Crippen molar-refractivity contribution in [2.24, 2.45) is 5.73 Å². The maximum Gasteiger partial charge on any atom is 0.180 e. The molecule has 0 heterocycles. The summed E-state index contributed by atoms with van der Waals surface area (Å²) in [7, 11) is 0. The monoisotopic (exact) mass is 322 g/mol. The van der Waals surface area contributed by atoms with E-state index in [0.717, 1.165) is 5.56 Å². The molecule has 0 amide bonds. The Kier molecular flexibility index (Phi) is 3.85. The van der Waals surface area contributed by atoms with Crippen molar-refractivity contribution in [2.45, 2.75) is 6.92 Å². The predicted molar refractivity (Wildman–Crippen MR) is 76.4 cm³/mol. The first kappa shape index (κ1) is 13.5. The minimum absolute atomic E-state index is 0.0891. The highest BCUT2D eigenvalue weighted by atomic mass is 79.9. The van der Waals surface area contributed by atoms with Gasteiger partial charge >= 0.3 is 0 Å². The fourth-order valence-electron chi connectivity index (χ4n) is 1.61. The number of nitrogens with one attached hydrogen (secondary N) is 1. The van der Waals surface area contributed by atoms with E-state index >= 15 is 0 Å². The minimum atomic E-state index is -0.573. The maximum absolute atomic E-state index is 14.1. The van der Waals surface area contributed by atoms with Crippen LogP contribution in [-0.4, -0.2) is 5.84 Å². The molecule has 0 saturated carbocycles. The van der Waals surface area contributed by atoms with Gasteiger partial charge in [0.05, 0.1) is 4.47 Å². The molecule has 19 heavy (non-hydrogen) atoms. The zero-order chi connectivity index (χ0) is 14.0. The van der Waals surface area contributed by atoms with Gasteiger partial charge < -0.3 is 10.5 Å². The molecule has 0 aliphatic rings. The van der Waals surface area contributed by atoms with Gasteiger partial charge in [-0.05, 0) is 46.6 Å². The Hall–Kier alpha value is -1.88. The SMILES string of the molecule is Cc1ccccc1Oc1ccc(C(=N)N)c(Br)c1F. The average molecular weight is 323 g/mol. The summed E-state index contributed by atoms with van der Waals surface area (Å²) in [6.45, 7) is 1.88. The Balaban J connectivity index is 2.40. The first-order valence-corrected chi connectivity index (χ1v) is 6.36. The first-order valence-electron chi connectivity index (χ1n) is 5.56. The van der Waals surface area contributed by atoms with Crippen LogP contribution in [0.4, 0.5) is 4.39 Å². The van der Waals surface area contributed by atoms with Gasteiger partial charge in [-0.15, -0.1) is 0 Å². The number of ether oxygens (including phenoxy) is 1. The van der Waals surface area contributed by atoms with Crippen molar-refractivity contribution in [1.29, 1.82) is 5.41 Å². The van der Waals surface area contributed by atoms with E-state index in [0.29, 0.717) is 11.3 Å². The third-order valence-electron chi connectivity index (χ3n) is 2.65. The van der Waals surface area contributed by atoms with Crippen LogP contribution in [-0.2, 0) is 0 Å². The number of benzene rings is 2. The standard InChI is InChI=1S/C14H12BrFN2O/c1-8-4-2-3-5-10(8)19-11-7-6-9(14(17)18)12(15)13(11)16/h2-7H,1H3,(H3,17,18). The van der Waals surface area contributed by atoms with Crippen LogP contribution in [0.3, 0.4) is 0 Å². The van der Waals surface area contributed by atoms with E-state index < -0.39 is 5.82 Å². The molecule has 0 saturated heterocycles. The van der Waals surface area contributed by atoms with Gasteiger partial charge in [-0.2, -0.15) is 0 Å². The number of halogens is 2. The van der Waals surface area contributed by atoms with Gasteiger partial charge in [0.15, 0.2) is 11.6 Å². The number of aryl methyl sites for hydroxylation is 1. The molecule has 0 aliphatic heterocycles. The number of nitrogen functional groups attached to an aromatic ring is 1. The molecule has 0 atom stereocenters. The molecule has 3 N–H and O–H groups in total. The number of nitrogens with two attached hydrogens (primary N) is 1. The Morgan fingerprint density at radius 2 is 1.89 bits per heavy atom. The van der Waals surface area contributed by atoms with Gasteiger partial charge in [0, 0.05) is 5.56 Å². The molecular weight excluding hydrogens is 311 g/mol. The highest BCUT2D eigenvalue weighted by Crippen LogP contribution is 2.32. The molecule has 0 spiro atoms. The zero-order valence-electron chi connectivity index (χ0n) is 10.2. The van der Waals surface area contributed by atoms with Gasteiger partial charge in [-0.3, -0.25) is 5.41 Å². The second-order valence-electron chi connectivity index (χ2n) is 4.02.